The minimum atomic E-state index is -4.29. The number of piperidine rings is 1. The van der Waals surface area contributed by atoms with E-state index in [-0.39, 0.29) is 5.41 Å². The maximum atomic E-state index is 12.9. The van der Waals surface area contributed by atoms with E-state index < -0.39 is 11.7 Å². The molecule has 0 bridgehead atoms. The molecule has 10 heteroatoms. The number of alkyl halides is 3. The summed E-state index contributed by atoms with van der Waals surface area (Å²) in [5.74, 6) is 2.64. The second-order valence-corrected chi connectivity index (χ2v) is 10.4. The van der Waals surface area contributed by atoms with Crippen LogP contribution in [-0.2, 0) is 18.6 Å². The van der Waals surface area contributed by atoms with Crippen molar-refractivity contribution in [1.82, 2.24) is 29.6 Å². The molecule has 0 N–H and O–H groups in total. The topological polar surface area (TPSA) is 59.7 Å². The van der Waals surface area contributed by atoms with E-state index in [2.05, 4.69) is 32.0 Å². The SMILES string of the molecule is Cc1cnc(-c2nnc(SCCCN3C[C@@H]4[C@H](C)[C@]4(c4ccc(C(F)(F)F)cc4)C3)n2C)cn1. The van der Waals surface area contributed by atoms with Crippen LogP contribution in [0.3, 0.4) is 0 Å². The van der Waals surface area contributed by atoms with Gasteiger partial charge in [0.15, 0.2) is 11.0 Å². The molecule has 6 nitrogen and oxygen atoms in total. The van der Waals surface area contributed by atoms with Crippen LogP contribution >= 0.6 is 11.8 Å². The van der Waals surface area contributed by atoms with Crippen molar-refractivity contribution in [1.29, 1.82) is 0 Å². The minimum absolute atomic E-state index is 0.00480. The van der Waals surface area contributed by atoms with Crippen LogP contribution in [0, 0.1) is 18.8 Å². The van der Waals surface area contributed by atoms with E-state index in [1.165, 1.54) is 12.1 Å². The molecule has 3 atom stereocenters. The van der Waals surface area contributed by atoms with Crippen molar-refractivity contribution in [2.75, 3.05) is 25.4 Å². The van der Waals surface area contributed by atoms with Gasteiger partial charge in [0.25, 0.3) is 0 Å². The Morgan fingerprint density at radius 1 is 1.12 bits per heavy atom. The third-order valence-electron chi connectivity index (χ3n) is 7.35. The molecule has 0 radical (unpaired) electrons. The number of benzene rings is 1. The number of nitrogens with zero attached hydrogens (tertiary/aromatic N) is 6. The third kappa shape index (κ3) is 4.11. The summed E-state index contributed by atoms with van der Waals surface area (Å²) in [6.45, 7) is 7.00. The van der Waals surface area contributed by atoms with Crippen LogP contribution in [-0.4, -0.2) is 55.0 Å². The molecule has 34 heavy (non-hydrogen) atoms. The predicted octanol–water partition coefficient (Wildman–Crippen LogP) is 4.60. The van der Waals surface area contributed by atoms with Crippen LogP contribution in [0.4, 0.5) is 13.2 Å². The number of fused-ring (bicyclic) bond motifs is 1. The van der Waals surface area contributed by atoms with Gasteiger partial charge in [0.1, 0.15) is 5.69 Å². The lowest BCUT2D eigenvalue weighted by Crippen LogP contribution is -2.30. The first-order valence-electron chi connectivity index (χ1n) is 11.4. The van der Waals surface area contributed by atoms with Gasteiger partial charge in [-0.15, -0.1) is 10.2 Å². The summed E-state index contributed by atoms with van der Waals surface area (Å²) in [6.07, 6.45) is 0.137. The molecule has 1 saturated heterocycles. The highest BCUT2D eigenvalue weighted by molar-refractivity contribution is 7.99. The van der Waals surface area contributed by atoms with E-state index in [1.54, 1.807) is 36.3 Å². The quantitative estimate of drug-likeness (QED) is 0.358. The first kappa shape index (κ1) is 23.3. The molecule has 5 rings (SSSR count). The number of likely N-dealkylation sites (tertiary alicyclic amines) is 1. The number of aromatic nitrogens is 5. The first-order valence-corrected chi connectivity index (χ1v) is 12.4. The van der Waals surface area contributed by atoms with Gasteiger partial charge in [-0.2, -0.15) is 13.2 Å². The average molecular weight is 489 g/mol. The number of hydrogen-bond donors (Lipinski definition) is 0. The molecule has 1 aliphatic heterocycles. The van der Waals surface area contributed by atoms with Crippen LogP contribution in [0.5, 0.6) is 0 Å². The van der Waals surface area contributed by atoms with Gasteiger partial charge in [-0.1, -0.05) is 30.8 Å². The van der Waals surface area contributed by atoms with Gasteiger partial charge in [-0.25, -0.2) is 4.98 Å². The Morgan fingerprint density at radius 3 is 2.56 bits per heavy atom. The van der Waals surface area contributed by atoms with Gasteiger partial charge in [0.2, 0.25) is 0 Å². The van der Waals surface area contributed by atoms with Crippen molar-refractivity contribution in [3.8, 4) is 11.5 Å². The molecule has 1 aliphatic carbocycles. The molecule has 1 aromatic carbocycles. The standard InChI is InChI=1S/C24H27F3N6S/c1-15-11-29-20(12-28-15)21-30-31-22(32(21)3)34-10-4-9-33-13-19-16(2)23(19,14-33)17-5-7-18(8-6-17)24(25,26)27/h5-8,11-12,16,19H,4,9-10,13-14H2,1-3H3/t16-,19+,23-/m0/s1. The molecule has 0 unspecified atom stereocenters. The van der Waals surface area contributed by atoms with E-state index >= 15 is 0 Å². The fraction of sp³-hybridized carbons (Fsp3) is 0.500. The summed E-state index contributed by atoms with van der Waals surface area (Å²) in [5, 5.41) is 9.42. The summed E-state index contributed by atoms with van der Waals surface area (Å²) < 4.78 is 40.8. The summed E-state index contributed by atoms with van der Waals surface area (Å²) in [7, 11) is 1.93. The fourth-order valence-electron chi connectivity index (χ4n) is 5.35. The monoisotopic (exact) mass is 488 g/mol. The molecule has 0 amide bonds. The number of rotatable bonds is 7. The van der Waals surface area contributed by atoms with Crippen LogP contribution < -0.4 is 0 Å². The Morgan fingerprint density at radius 2 is 1.88 bits per heavy atom. The van der Waals surface area contributed by atoms with Gasteiger partial charge in [0.05, 0.1) is 17.5 Å². The van der Waals surface area contributed by atoms with Gasteiger partial charge >= 0.3 is 6.18 Å². The fourth-order valence-corrected chi connectivity index (χ4v) is 6.19. The van der Waals surface area contributed by atoms with Crippen molar-refractivity contribution < 1.29 is 13.2 Å². The van der Waals surface area contributed by atoms with Crippen LogP contribution in [0.15, 0.2) is 41.8 Å². The zero-order valence-electron chi connectivity index (χ0n) is 19.4. The lowest BCUT2D eigenvalue weighted by molar-refractivity contribution is -0.137. The van der Waals surface area contributed by atoms with Crippen LogP contribution in [0.1, 0.15) is 30.2 Å². The van der Waals surface area contributed by atoms with Crippen molar-refractivity contribution in [3.05, 3.63) is 53.5 Å². The zero-order chi connectivity index (χ0) is 24.1. The lowest BCUT2D eigenvalue weighted by atomic mass is 9.92. The van der Waals surface area contributed by atoms with Crippen LogP contribution in [0.2, 0.25) is 0 Å². The Hall–Kier alpha value is -2.46. The number of thioether (sulfide) groups is 1. The van der Waals surface area contributed by atoms with Crippen molar-refractivity contribution in [2.45, 2.75) is 37.0 Å². The minimum Gasteiger partial charge on any atom is -0.304 e. The third-order valence-corrected chi connectivity index (χ3v) is 8.46. The van der Waals surface area contributed by atoms with E-state index in [0.717, 1.165) is 48.2 Å². The maximum Gasteiger partial charge on any atom is 0.416 e. The highest BCUT2D eigenvalue weighted by Crippen LogP contribution is 2.63. The largest absolute Gasteiger partial charge is 0.416 e. The number of hydrogen-bond acceptors (Lipinski definition) is 6. The molecule has 1 saturated carbocycles. The molecule has 2 aliphatic rings. The van der Waals surface area contributed by atoms with Crippen molar-refractivity contribution >= 4 is 11.8 Å². The molecule has 3 heterocycles. The summed E-state index contributed by atoms with van der Waals surface area (Å²) >= 11 is 1.67. The molecule has 2 fully saturated rings. The Kier molecular flexibility index (Phi) is 5.92. The molecule has 0 spiro atoms. The molecule has 2 aromatic heterocycles. The molecule has 3 aromatic rings. The van der Waals surface area contributed by atoms with Gasteiger partial charge < -0.3 is 9.47 Å². The lowest BCUT2D eigenvalue weighted by Gasteiger charge is -2.23. The van der Waals surface area contributed by atoms with Gasteiger partial charge in [0, 0.05) is 37.5 Å². The second-order valence-electron chi connectivity index (χ2n) is 9.36. The van der Waals surface area contributed by atoms with Crippen LogP contribution in [0.25, 0.3) is 11.5 Å². The molecular weight excluding hydrogens is 461 g/mol. The summed E-state index contributed by atoms with van der Waals surface area (Å²) in [4.78, 5) is 11.1. The maximum absolute atomic E-state index is 12.9. The highest BCUT2D eigenvalue weighted by atomic mass is 32.2. The second kappa shape index (κ2) is 8.64. The zero-order valence-corrected chi connectivity index (χ0v) is 20.2. The number of aryl methyl sites for hydroxylation is 1. The summed E-state index contributed by atoms with van der Waals surface area (Å²) in [5.41, 5.74) is 2.03. The van der Waals surface area contributed by atoms with Gasteiger partial charge in [-0.05, 0) is 49.4 Å². The van der Waals surface area contributed by atoms with Gasteiger partial charge in [-0.3, -0.25) is 4.98 Å². The highest BCUT2D eigenvalue weighted by Gasteiger charge is 2.66. The normalized spacial score (nSPS) is 24.4. The van der Waals surface area contributed by atoms with E-state index in [0.29, 0.717) is 23.4 Å². The Bertz CT molecular complexity index is 1160. The van der Waals surface area contributed by atoms with Crippen molar-refractivity contribution in [2.24, 2.45) is 18.9 Å². The van der Waals surface area contributed by atoms with E-state index in [4.69, 9.17) is 0 Å². The van der Waals surface area contributed by atoms with E-state index in [9.17, 15) is 13.2 Å². The van der Waals surface area contributed by atoms with E-state index in [1.807, 2.05) is 18.5 Å². The Labute approximate surface area is 201 Å². The molecular formula is C24H27F3N6S. The summed E-state index contributed by atoms with van der Waals surface area (Å²) in [6, 6.07) is 5.82. The first-order chi connectivity index (χ1) is 16.2. The number of halogens is 3. The Balaban J connectivity index is 1.14. The smallest absolute Gasteiger partial charge is 0.304 e. The predicted molar refractivity (Wildman–Crippen MR) is 124 cm³/mol. The average Bonchev–Trinajstić information content (AvgIpc) is 3.10. The molecule has 180 valence electrons. The van der Waals surface area contributed by atoms with Crippen molar-refractivity contribution in [3.63, 3.8) is 0 Å².